The molecular weight excluding hydrogens is 557 g/mol. The van der Waals surface area contributed by atoms with Crippen molar-refractivity contribution in [2.24, 2.45) is 5.41 Å². The first-order valence-corrected chi connectivity index (χ1v) is 13.4. The number of hydrogen-bond acceptors (Lipinski definition) is 6. The number of H-pyrrole nitrogens is 1. The molecule has 0 aliphatic carbocycles. The normalized spacial score (nSPS) is 19.3. The molecule has 1 aliphatic heterocycles. The van der Waals surface area contributed by atoms with Gasteiger partial charge in [-0.2, -0.15) is 5.10 Å². The standard InChI is InChI=1S/C29H28ClF3N6O2/c1-16-11-22(38-37-16)36-27-26(33)23(18-6-4-9-34-14-18)25(32)21(35-27)13-29(28(40)41)8-10-39(17(2)12-29)15-19-5-3-7-20(30)24(19)31/h3-7,9,11,14,17H,8,10,12-13,15H2,1-2H3,(H,40,41)(H2,35,36,37,38)/t17-,29-/m1/s1. The summed E-state index contributed by atoms with van der Waals surface area (Å²) < 4.78 is 46.3. The Bertz CT molecular complexity index is 1580. The van der Waals surface area contributed by atoms with Gasteiger partial charge >= 0.3 is 5.97 Å². The Hall–Kier alpha value is -3.96. The zero-order valence-corrected chi connectivity index (χ0v) is 23.1. The third-order valence-corrected chi connectivity index (χ3v) is 7.89. The van der Waals surface area contributed by atoms with Gasteiger partial charge < -0.3 is 10.4 Å². The van der Waals surface area contributed by atoms with Crippen LogP contribution in [-0.4, -0.2) is 48.7 Å². The molecule has 3 N–H and O–H groups in total. The number of aryl methyl sites for hydroxylation is 1. The van der Waals surface area contributed by atoms with E-state index in [1.807, 2.05) is 11.8 Å². The van der Waals surface area contributed by atoms with Crippen molar-refractivity contribution in [2.45, 2.75) is 45.7 Å². The van der Waals surface area contributed by atoms with Crippen molar-refractivity contribution in [1.82, 2.24) is 25.1 Å². The van der Waals surface area contributed by atoms with Gasteiger partial charge in [-0.1, -0.05) is 29.8 Å². The molecule has 4 heterocycles. The average Bonchev–Trinajstić information content (AvgIpc) is 3.36. The summed E-state index contributed by atoms with van der Waals surface area (Å²) in [5, 5.41) is 20.0. The van der Waals surface area contributed by atoms with E-state index in [2.05, 4.69) is 25.5 Å². The maximum absolute atomic E-state index is 16.0. The Kier molecular flexibility index (Phi) is 8.01. The van der Waals surface area contributed by atoms with Crippen molar-refractivity contribution in [3.8, 4) is 11.1 Å². The molecule has 1 aromatic carbocycles. The second kappa shape index (κ2) is 11.5. The number of carbonyl (C=O) groups is 1. The molecule has 3 aromatic heterocycles. The molecule has 1 saturated heterocycles. The Morgan fingerprint density at radius 1 is 1.22 bits per heavy atom. The third kappa shape index (κ3) is 5.77. The van der Waals surface area contributed by atoms with E-state index in [0.717, 1.165) is 0 Å². The topological polar surface area (TPSA) is 107 Å². The van der Waals surface area contributed by atoms with Gasteiger partial charge in [0.15, 0.2) is 23.3 Å². The summed E-state index contributed by atoms with van der Waals surface area (Å²) in [5.74, 6) is -3.53. The van der Waals surface area contributed by atoms with Crippen molar-refractivity contribution < 1.29 is 23.1 Å². The van der Waals surface area contributed by atoms with Crippen LogP contribution >= 0.6 is 11.6 Å². The molecule has 214 valence electrons. The Balaban J connectivity index is 1.49. The van der Waals surface area contributed by atoms with E-state index in [1.165, 1.54) is 24.5 Å². The summed E-state index contributed by atoms with van der Waals surface area (Å²) in [6.07, 6.45) is 2.83. The van der Waals surface area contributed by atoms with Gasteiger partial charge in [-0.15, -0.1) is 0 Å². The van der Waals surface area contributed by atoms with Crippen molar-refractivity contribution in [1.29, 1.82) is 0 Å². The maximum Gasteiger partial charge on any atom is 0.310 e. The molecule has 0 amide bonds. The van der Waals surface area contributed by atoms with Gasteiger partial charge in [0.25, 0.3) is 0 Å². The minimum Gasteiger partial charge on any atom is -0.481 e. The average molecular weight is 585 g/mol. The van der Waals surface area contributed by atoms with Crippen LogP contribution < -0.4 is 5.32 Å². The molecule has 0 bridgehead atoms. The van der Waals surface area contributed by atoms with Crippen molar-refractivity contribution in [2.75, 3.05) is 11.9 Å². The molecule has 1 aliphatic rings. The number of aliphatic carboxylic acids is 1. The van der Waals surface area contributed by atoms with Crippen LogP contribution in [0, 0.1) is 29.8 Å². The van der Waals surface area contributed by atoms with Crippen molar-refractivity contribution in [3.05, 3.63) is 88.2 Å². The number of nitrogens with zero attached hydrogens (tertiary/aromatic N) is 4. The van der Waals surface area contributed by atoms with E-state index >= 15 is 8.78 Å². The van der Waals surface area contributed by atoms with Crippen LogP contribution in [0.3, 0.4) is 0 Å². The number of benzene rings is 1. The number of carboxylic acids is 1. The molecule has 4 aromatic rings. The van der Waals surface area contributed by atoms with Crippen molar-refractivity contribution >= 4 is 29.2 Å². The highest BCUT2D eigenvalue weighted by Crippen LogP contribution is 2.41. The summed E-state index contributed by atoms with van der Waals surface area (Å²) in [4.78, 5) is 22.9. The summed E-state index contributed by atoms with van der Waals surface area (Å²) in [6, 6.07) is 9.18. The second-order valence-electron chi connectivity index (χ2n) is 10.5. The molecular formula is C29H28ClF3N6O2. The highest BCUT2D eigenvalue weighted by Gasteiger charge is 2.45. The van der Waals surface area contributed by atoms with Gasteiger partial charge in [-0.05, 0) is 45.4 Å². The summed E-state index contributed by atoms with van der Waals surface area (Å²) in [7, 11) is 0. The number of rotatable bonds is 8. The lowest BCUT2D eigenvalue weighted by molar-refractivity contribution is -0.153. The summed E-state index contributed by atoms with van der Waals surface area (Å²) in [6.45, 7) is 4.18. The number of anilines is 2. The van der Waals surface area contributed by atoms with Crippen LogP contribution in [-0.2, 0) is 17.8 Å². The fourth-order valence-electron chi connectivity index (χ4n) is 5.41. The number of nitrogens with one attached hydrogen (secondary N) is 2. The number of halogens is 4. The molecule has 5 rings (SSSR count). The Morgan fingerprint density at radius 3 is 2.68 bits per heavy atom. The number of carboxylic acid groups (broad SMARTS) is 1. The number of aromatic amines is 1. The maximum atomic E-state index is 16.0. The lowest BCUT2D eigenvalue weighted by Gasteiger charge is -2.43. The first-order chi connectivity index (χ1) is 19.6. The van der Waals surface area contributed by atoms with E-state index in [-0.39, 0.29) is 65.3 Å². The SMILES string of the molecule is Cc1cc(Nc2nc(C[C@@]3(C(=O)O)CCN(Cc4cccc(Cl)c4F)[C@H](C)C3)c(F)c(-c3cccnc3)c2F)n[nH]1. The minimum atomic E-state index is -1.39. The van der Waals surface area contributed by atoms with E-state index in [4.69, 9.17) is 11.6 Å². The van der Waals surface area contributed by atoms with Crippen LogP contribution in [0.15, 0.2) is 48.8 Å². The molecule has 2 atom stereocenters. The van der Waals surface area contributed by atoms with Crippen LogP contribution in [0.25, 0.3) is 11.1 Å². The largest absolute Gasteiger partial charge is 0.481 e. The van der Waals surface area contributed by atoms with Crippen LogP contribution in [0.2, 0.25) is 5.02 Å². The van der Waals surface area contributed by atoms with E-state index in [9.17, 15) is 14.3 Å². The molecule has 0 radical (unpaired) electrons. The molecule has 1 fully saturated rings. The van der Waals surface area contributed by atoms with Gasteiger partial charge in [-0.25, -0.2) is 18.2 Å². The fraction of sp³-hybridized carbons (Fsp3) is 0.310. The first-order valence-electron chi connectivity index (χ1n) is 13.1. The molecule has 12 heteroatoms. The highest BCUT2D eigenvalue weighted by atomic mass is 35.5. The smallest absolute Gasteiger partial charge is 0.310 e. The number of likely N-dealkylation sites (tertiary alicyclic amines) is 1. The van der Waals surface area contributed by atoms with Crippen LogP contribution in [0.1, 0.15) is 36.7 Å². The number of pyridine rings is 2. The predicted molar refractivity (Wildman–Crippen MR) is 148 cm³/mol. The summed E-state index contributed by atoms with van der Waals surface area (Å²) in [5.41, 5.74) is -0.636. The van der Waals surface area contributed by atoms with Gasteiger partial charge in [0, 0.05) is 54.3 Å². The summed E-state index contributed by atoms with van der Waals surface area (Å²) >= 11 is 5.94. The van der Waals surface area contributed by atoms with E-state index < -0.39 is 28.8 Å². The molecule has 41 heavy (non-hydrogen) atoms. The predicted octanol–water partition coefficient (Wildman–Crippen LogP) is 6.29. The van der Waals surface area contributed by atoms with E-state index in [0.29, 0.717) is 17.8 Å². The zero-order valence-electron chi connectivity index (χ0n) is 22.4. The lowest BCUT2D eigenvalue weighted by Crippen LogP contribution is -2.50. The van der Waals surface area contributed by atoms with Crippen LogP contribution in [0.5, 0.6) is 0 Å². The van der Waals surface area contributed by atoms with Gasteiger partial charge in [-0.3, -0.25) is 19.8 Å². The monoisotopic (exact) mass is 584 g/mol. The number of piperidine rings is 1. The first kappa shape index (κ1) is 28.6. The van der Waals surface area contributed by atoms with Gasteiger partial charge in [0.1, 0.15) is 5.82 Å². The molecule has 0 saturated carbocycles. The third-order valence-electron chi connectivity index (χ3n) is 7.60. The number of hydrogen-bond donors (Lipinski definition) is 3. The quantitative estimate of drug-likeness (QED) is 0.223. The van der Waals surface area contributed by atoms with Crippen LogP contribution in [0.4, 0.5) is 24.8 Å². The van der Waals surface area contributed by atoms with Crippen molar-refractivity contribution in [3.63, 3.8) is 0 Å². The van der Waals surface area contributed by atoms with Gasteiger partial charge in [0.2, 0.25) is 0 Å². The molecule has 8 nitrogen and oxygen atoms in total. The minimum absolute atomic E-state index is 0.0174. The van der Waals surface area contributed by atoms with E-state index in [1.54, 1.807) is 31.2 Å². The Labute approximate surface area is 239 Å². The number of aromatic nitrogens is 4. The van der Waals surface area contributed by atoms with Gasteiger partial charge in [0.05, 0.1) is 21.7 Å². The Morgan fingerprint density at radius 2 is 2.02 bits per heavy atom. The second-order valence-corrected chi connectivity index (χ2v) is 10.9. The fourth-order valence-corrected chi connectivity index (χ4v) is 5.60. The molecule has 0 unspecified atom stereocenters. The lowest BCUT2D eigenvalue weighted by atomic mass is 9.72. The molecule has 0 spiro atoms. The zero-order chi connectivity index (χ0) is 29.3. The highest BCUT2D eigenvalue weighted by molar-refractivity contribution is 6.30.